The Kier molecular flexibility index (Phi) is 6.63. The summed E-state index contributed by atoms with van der Waals surface area (Å²) in [7, 11) is 5.25. The van der Waals surface area contributed by atoms with E-state index in [-0.39, 0.29) is 11.9 Å². The fraction of sp³-hybridized carbons (Fsp3) is 0.458. The number of nitrogens with one attached hydrogen (secondary N) is 1. The highest BCUT2D eigenvalue weighted by atomic mass is 16.5. The number of hydrogen-bond donors (Lipinski definition) is 1. The van der Waals surface area contributed by atoms with Crippen LogP contribution in [0.2, 0.25) is 0 Å². The number of benzene rings is 2. The summed E-state index contributed by atoms with van der Waals surface area (Å²) in [6, 6.07) is 12.1. The molecule has 0 spiro atoms. The number of anilines is 1. The molecule has 166 valence electrons. The van der Waals surface area contributed by atoms with Crippen LogP contribution in [0.25, 0.3) is 0 Å². The molecule has 1 fully saturated rings. The van der Waals surface area contributed by atoms with Gasteiger partial charge in [-0.3, -0.25) is 9.69 Å². The molecule has 1 N–H and O–H groups in total. The van der Waals surface area contributed by atoms with Gasteiger partial charge >= 0.3 is 0 Å². The number of amides is 1. The molecular weight excluding hydrogens is 394 g/mol. The molecule has 31 heavy (non-hydrogen) atoms. The lowest BCUT2D eigenvalue weighted by Gasteiger charge is -2.35. The number of methoxy groups -OCH3 is 2. The standard InChI is InChI=1S/C24H31N3O4/c1-26-10-9-18-15-17(7-8-20(18)26)21(27-11-13-31-14-12-27)16-25-24(28)19-5-4-6-22(29-2)23(19)30-3/h4-8,15,21H,9-14,16H2,1-3H3,(H,25,28)/t21-/m1/s1. The zero-order chi connectivity index (χ0) is 21.8. The largest absolute Gasteiger partial charge is 0.493 e. The normalized spacial score (nSPS) is 17.2. The average Bonchev–Trinajstić information content (AvgIpc) is 3.19. The molecule has 4 rings (SSSR count). The summed E-state index contributed by atoms with van der Waals surface area (Å²) in [6.07, 6.45) is 1.06. The molecular formula is C24H31N3O4. The number of carbonyl (C=O) groups is 1. The van der Waals surface area contributed by atoms with Crippen LogP contribution >= 0.6 is 0 Å². The first-order valence-electron chi connectivity index (χ1n) is 10.8. The van der Waals surface area contributed by atoms with Gasteiger partial charge in [-0.05, 0) is 35.7 Å². The third kappa shape index (κ3) is 4.48. The van der Waals surface area contributed by atoms with E-state index in [1.165, 1.54) is 16.8 Å². The molecule has 0 bridgehead atoms. The molecule has 2 aliphatic rings. The summed E-state index contributed by atoms with van der Waals surface area (Å²) in [5, 5.41) is 3.13. The van der Waals surface area contributed by atoms with Crippen molar-refractivity contribution in [3.05, 3.63) is 53.1 Å². The summed E-state index contributed by atoms with van der Waals surface area (Å²) >= 11 is 0. The van der Waals surface area contributed by atoms with Gasteiger partial charge in [0, 0.05) is 38.9 Å². The van der Waals surface area contributed by atoms with Crippen molar-refractivity contribution in [3.63, 3.8) is 0 Å². The minimum atomic E-state index is -0.171. The van der Waals surface area contributed by atoms with E-state index in [0.717, 1.165) is 26.1 Å². The fourth-order valence-corrected chi connectivity index (χ4v) is 4.49. The highest BCUT2D eigenvalue weighted by molar-refractivity contribution is 5.97. The monoisotopic (exact) mass is 425 g/mol. The molecule has 2 aromatic rings. The van der Waals surface area contributed by atoms with Crippen molar-refractivity contribution >= 4 is 11.6 Å². The number of morpholine rings is 1. The fourth-order valence-electron chi connectivity index (χ4n) is 4.49. The van der Waals surface area contributed by atoms with Crippen molar-refractivity contribution in [2.45, 2.75) is 12.5 Å². The summed E-state index contributed by atoms with van der Waals surface area (Å²) < 4.78 is 16.3. The van der Waals surface area contributed by atoms with Gasteiger partial charge in [0.2, 0.25) is 0 Å². The van der Waals surface area contributed by atoms with Crippen LogP contribution in [0.4, 0.5) is 5.69 Å². The number of ether oxygens (including phenoxy) is 3. The van der Waals surface area contributed by atoms with Crippen LogP contribution in [0.5, 0.6) is 11.5 Å². The minimum Gasteiger partial charge on any atom is -0.493 e. The van der Waals surface area contributed by atoms with E-state index in [9.17, 15) is 4.79 Å². The molecule has 7 nitrogen and oxygen atoms in total. The lowest BCUT2D eigenvalue weighted by atomic mass is 10.00. The predicted molar refractivity (Wildman–Crippen MR) is 120 cm³/mol. The van der Waals surface area contributed by atoms with Crippen LogP contribution in [0.1, 0.15) is 27.5 Å². The van der Waals surface area contributed by atoms with Gasteiger partial charge in [-0.15, -0.1) is 0 Å². The van der Waals surface area contributed by atoms with Crippen molar-refractivity contribution in [2.75, 3.05) is 65.6 Å². The maximum Gasteiger partial charge on any atom is 0.255 e. The van der Waals surface area contributed by atoms with Crippen molar-refractivity contribution < 1.29 is 19.0 Å². The van der Waals surface area contributed by atoms with Gasteiger partial charge in [-0.2, -0.15) is 0 Å². The third-order valence-electron chi connectivity index (χ3n) is 6.21. The molecule has 1 atom stereocenters. The van der Waals surface area contributed by atoms with Gasteiger partial charge < -0.3 is 24.4 Å². The minimum absolute atomic E-state index is 0.0839. The Labute approximate surface area is 183 Å². The second-order valence-electron chi connectivity index (χ2n) is 7.97. The van der Waals surface area contributed by atoms with E-state index >= 15 is 0 Å². The molecule has 1 amide bonds. The number of fused-ring (bicyclic) bond motifs is 1. The van der Waals surface area contributed by atoms with Crippen LogP contribution < -0.4 is 19.7 Å². The van der Waals surface area contributed by atoms with Crippen molar-refractivity contribution in [1.82, 2.24) is 10.2 Å². The maximum absolute atomic E-state index is 13.0. The summed E-state index contributed by atoms with van der Waals surface area (Å²) in [5.41, 5.74) is 4.38. The van der Waals surface area contributed by atoms with Gasteiger partial charge in [-0.1, -0.05) is 18.2 Å². The number of para-hydroxylation sites is 1. The lowest BCUT2D eigenvalue weighted by Crippen LogP contribution is -2.43. The lowest BCUT2D eigenvalue weighted by molar-refractivity contribution is 0.0162. The average molecular weight is 426 g/mol. The Hall–Kier alpha value is -2.77. The maximum atomic E-state index is 13.0. The number of hydrogen-bond acceptors (Lipinski definition) is 6. The zero-order valence-electron chi connectivity index (χ0n) is 18.5. The SMILES string of the molecule is COc1cccc(C(=O)NC[C@H](c2ccc3c(c2)CCN3C)N2CCOCC2)c1OC. The molecule has 0 saturated carbocycles. The van der Waals surface area contributed by atoms with Crippen molar-refractivity contribution in [1.29, 1.82) is 0 Å². The second-order valence-corrected chi connectivity index (χ2v) is 7.97. The summed E-state index contributed by atoms with van der Waals surface area (Å²) in [6.45, 7) is 4.67. The van der Waals surface area contributed by atoms with E-state index in [0.29, 0.717) is 36.8 Å². The molecule has 0 aliphatic carbocycles. The molecule has 1 saturated heterocycles. The first-order valence-corrected chi connectivity index (χ1v) is 10.8. The molecule has 2 heterocycles. The summed E-state index contributed by atoms with van der Waals surface area (Å²) in [4.78, 5) is 17.7. The Balaban J connectivity index is 1.55. The Morgan fingerprint density at radius 3 is 2.68 bits per heavy atom. The molecule has 0 unspecified atom stereocenters. The van der Waals surface area contributed by atoms with E-state index in [2.05, 4.69) is 40.4 Å². The van der Waals surface area contributed by atoms with Crippen LogP contribution in [0.3, 0.4) is 0 Å². The highest BCUT2D eigenvalue weighted by Crippen LogP contribution is 2.32. The third-order valence-corrected chi connectivity index (χ3v) is 6.21. The van der Waals surface area contributed by atoms with Gasteiger partial charge in [0.15, 0.2) is 11.5 Å². The van der Waals surface area contributed by atoms with Gasteiger partial charge in [0.1, 0.15) is 0 Å². The zero-order valence-corrected chi connectivity index (χ0v) is 18.5. The van der Waals surface area contributed by atoms with E-state index in [1.807, 2.05) is 0 Å². The van der Waals surface area contributed by atoms with Crippen LogP contribution in [-0.4, -0.2) is 71.5 Å². The van der Waals surface area contributed by atoms with E-state index < -0.39 is 0 Å². The van der Waals surface area contributed by atoms with Gasteiger partial charge in [-0.25, -0.2) is 0 Å². The van der Waals surface area contributed by atoms with Gasteiger partial charge in [0.05, 0.1) is 39.0 Å². The number of carbonyl (C=O) groups excluding carboxylic acids is 1. The van der Waals surface area contributed by atoms with Crippen LogP contribution in [-0.2, 0) is 11.2 Å². The van der Waals surface area contributed by atoms with E-state index in [4.69, 9.17) is 14.2 Å². The first kappa shape index (κ1) is 21.5. The van der Waals surface area contributed by atoms with Crippen molar-refractivity contribution in [2.24, 2.45) is 0 Å². The molecule has 0 aromatic heterocycles. The van der Waals surface area contributed by atoms with Crippen molar-refractivity contribution in [3.8, 4) is 11.5 Å². The number of nitrogens with zero attached hydrogens (tertiary/aromatic N) is 2. The second kappa shape index (κ2) is 9.58. The molecule has 2 aliphatic heterocycles. The number of likely N-dealkylation sites (N-methyl/N-ethyl adjacent to an activating group) is 1. The Bertz CT molecular complexity index is 927. The predicted octanol–water partition coefficient (Wildman–Crippen LogP) is 2.50. The molecule has 2 aromatic carbocycles. The van der Waals surface area contributed by atoms with Crippen LogP contribution in [0, 0.1) is 0 Å². The molecule has 7 heteroatoms. The number of rotatable bonds is 7. The first-order chi connectivity index (χ1) is 15.1. The quantitative estimate of drug-likeness (QED) is 0.736. The Morgan fingerprint density at radius 2 is 1.94 bits per heavy atom. The van der Waals surface area contributed by atoms with E-state index in [1.54, 1.807) is 32.4 Å². The smallest absolute Gasteiger partial charge is 0.255 e. The van der Waals surface area contributed by atoms with Crippen LogP contribution in [0.15, 0.2) is 36.4 Å². The topological polar surface area (TPSA) is 63.3 Å². The van der Waals surface area contributed by atoms with Gasteiger partial charge in [0.25, 0.3) is 5.91 Å². The highest BCUT2D eigenvalue weighted by Gasteiger charge is 2.26. The summed E-state index contributed by atoms with van der Waals surface area (Å²) in [5.74, 6) is 0.823. The molecule has 0 radical (unpaired) electrons. The Morgan fingerprint density at radius 1 is 1.13 bits per heavy atom.